The van der Waals surface area contributed by atoms with Crippen molar-refractivity contribution >= 4 is 29.0 Å². The van der Waals surface area contributed by atoms with E-state index >= 15 is 0 Å². The van der Waals surface area contributed by atoms with Gasteiger partial charge in [0.1, 0.15) is 11.6 Å². The van der Waals surface area contributed by atoms with Gasteiger partial charge in [0, 0.05) is 13.1 Å². The van der Waals surface area contributed by atoms with Crippen LogP contribution in [0.4, 0.5) is 5.82 Å². The van der Waals surface area contributed by atoms with Gasteiger partial charge in [0.15, 0.2) is 0 Å². The molecule has 7 heteroatoms. The maximum absolute atomic E-state index is 13.2. The van der Waals surface area contributed by atoms with E-state index in [9.17, 15) is 4.79 Å². The van der Waals surface area contributed by atoms with E-state index in [1.807, 2.05) is 13.8 Å². The lowest BCUT2D eigenvalue weighted by molar-refractivity contribution is 0.0975. The van der Waals surface area contributed by atoms with Crippen molar-refractivity contribution in [3.63, 3.8) is 0 Å². The minimum atomic E-state index is -0.107. The Hall–Kier alpha value is -1.56. The molecule has 0 aliphatic carbocycles. The van der Waals surface area contributed by atoms with Crippen LogP contribution in [-0.2, 0) is 4.74 Å². The number of hydrogen-bond donors (Lipinski definition) is 0. The lowest BCUT2D eigenvalue weighted by Crippen LogP contribution is -2.42. The van der Waals surface area contributed by atoms with E-state index in [-0.39, 0.29) is 5.56 Å². The van der Waals surface area contributed by atoms with Crippen molar-refractivity contribution in [2.75, 3.05) is 24.6 Å². The molecule has 0 amide bonds. The number of aromatic nitrogens is 2. The Bertz CT molecular complexity index is 965. The van der Waals surface area contributed by atoms with E-state index in [1.165, 1.54) is 0 Å². The van der Waals surface area contributed by atoms with Gasteiger partial charge in [0.2, 0.25) is 0 Å². The molecule has 1 spiro atoms. The molecule has 3 heterocycles. The molecule has 28 heavy (non-hydrogen) atoms. The van der Waals surface area contributed by atoms with Crippen LogP contribution in [0, 0.1) is 19.3 Å². The molecule has 1 aromatic carbocycles. The topological polar surface area (TPSA) is 47.4 Å². The van der Waals surface area contributed by atoms with E-state index in [0.717, 1.165) is 44.8 Å². The highest BCUT2D eigenvalue weighted by Gasteiger charge is 2.41. The minimum Gasteiger partial charge on any atom is -0.378 e. The van der Waals surface area contributed by atoms with Gasteiger partial charge in [-0.05, 0) is 57.6 Å². The molecular formula is C21H25Cl2N3O2. The zero-order chi connectivity index (χ0) is 20.1. The molecule has 2 aliphatic rings. The second-order valence-corrected chi connectivity index (χ2v) is 8.92. The monoisotopic (exact) mass is 421 g/mol. The Kier molecular flexibility index (Phi) is 5.19. The predicted octanol–water partition coefficient (Wildman–Crippen LogP) is 4.55. The summed E-state index contributed by atoms with van der Waals surface area (Å²) in [5.41, 5.74) is 1.38. The quantitative estimate of drug-likeness (QED) is 0.713. The number of rotatable bonds is 2. The van der Waals surface area contributed by atoms with Crippen molar-refractivity contribution in [3.05, 3.63) is 50.0 Å². The van der Waals surface area contributed by atoms with Gasteiger partial charge >= 0.3 is 0 Å². The largest absolute Gasteiger partial charge is 0.378 e. The lowest BCUT2D eigenvalue weighted by atomic mass is 9.77. The van der Waals surface area contributed by atoms with Gasteiger partial charge in [-0.15, -0.1) is 0 Å². The molecule has 1 atom stereocenters. The maximum atomic E-state index is 13.2. The van der Waals surface area contributed by atoms with Crippen LogP contribution in [0.15, 0.2) is 23.0 Å². The van der Waals surface area contributed by atoms with Crippen molar-refractivity contribution in [1.82, 2.24) is 9.55 Å². The molecule has 0 radical (unpaired) electrons. The van der Waals surface area contributed by atoms with E-state index in [1.54, 1.807) is 22.8 Å². The smallest absolute Gasteiger partial charge is 0.263 e. The molecule has 1 unspecified atom stereocenters. The van der Waals surface area contributed by atoms with Crippen LogP contribution in [0.1, 0.15) is 37.6 Å². The van der Waals surface area contributed by atoms with Crippen LogP contribution in [0.5, 0.6) is 0 Å². The Morgan fingerprint density at radius 2 is 1.93 bits per heavy atom. The van der Waals surface area contributed by atoms with E-state index in [2.05, 4.69) is 11.8 Å². The molecule has 5 nitrogen and oxygen atoms in total. The van der Waals surface area contributed by atoms with Gasteiger partial charge in [-0.2, -0.15) is 0 Å². The van der Waals surface area contributed by atoms with Crippen molar-refractivity contribution in [2.24, 2.45) is 5.41 Å². The number of benzene rings is 1. The van der Waals surface area contributed by atoms with E-state index in [4.69, 9.17) is 32.9 Å². The van der Waals surface area contributed by atoms with Crippen LogP contribution < -0.4 is 10.5 Å². The zero-order valence-corrected chi connectivity index (χ0v) is 18.0. The highest BCUT2D eigenvalue weighted by molar-refractivity contribution is 6.43. The first kappa shape index (κ1) is 19.7. The molecular weight excluding hydrogens is 397 g/mol. The standard InChI is InChI=1S/C21H25Cl2N3O2/c1-13-11-21(12-28-13)7-9-25(10-8-21)19-14(2)20(27)26(15(3)24-19)17-6-4-5-16(22)18(17)23/h4-6,13H,7-12H2,1-3H3. The molecule has 2 aromatic rings. The molecule has 0 bridgehead atoms. The van der Waals surface area contributed by atoms with Gasteiger partial charge in [-0.25, -0.2) is 4.98 Å². The number of halogens is 2. The predicted molar refractivity (Wildman–Crippen MR) is 113 cm³/mol. The average Bonchev–Trinajstić information content (AvgIpc) is 3.03. The van der Waals surface area contributed by atoms with Gasteiger partial charge < -0.3 is 9.64 Å². The summed E-state index contributed by atoms with van der Waals surface area (Å²) >= 11 is 12.5. The van der Waals surface area contributed by atoms with Crippen LogP contribution in [0.3, 0.4) is 0 Å². The van der Waals surface area contributed by atoms with Crippen molar-refractivity contribution < 1.29 is 4.74 Å². The molecule has 2 aliphatic heterocycles. The van der Waals surface area contributed by atoms with Crippen LogP contribution in [-0.4, -0.2) is 35.4 Å². The Morgan fingerprint density at radius 1 is 1.21 bits per heavy atom. The fourth-order valence-electron chi connectivity index (χ4n) is 4.54. The third-order valence-corrected chi connectivity index (χ3v) is 6.95. The minimum absolute atomic E-state index is 0.107. The van der Waals surface area contributed by atoms with Gasteiger partial charge in [-0.1, -0.05) is 29.3 Å². The summed E-state index contributed by atoms with van der Waals surface area (Å²) in [4.78, 5) is 20.2. The highest BCUT2D eigenvalue weighted by Crippen LogP contribution is 2.42. The van der Waals surface area contributed by atoms with Crippen molar-refractivity contribution in [3.8, 4) is 5.69 Å². The highest BCUT2D eigenvalue weighted by atomic mass is 35.5. The fourth-order valence-corrected chi connectivity index (χ4v) is 4.92. The third kappa shape index (κ3) is 3.34. The molecule has 150 valence electrons. The normalized spacial score (nSPS) is 21.5. The molecule has 4 rings (SSSR count). The zero-order valence-electron chi connectivity index (χ0n) is 16.5. The first-order valence-electron chi connectivity index (χ1n) is 9.72. The summed E-state index contributed by atoms with van der Waals surface area (Å²) in [6.07, 6.45) is 3.61. The molecule has 1 aromatic heterocycles. The molecule has 2 saturated heterocycles. The fraction of sp³-hybridized carbons (Fsp3) is 0.524. The van der Waals surface area contributed by atoms with E-state index in [0.29, 0.717) is 38.6 Å². The first-order valence-corrected chi connectivity index (χ1v) is 10.5. The number of aryl methyl sites for hydroxylation is 1. The number of piperidine rings is 1. The SMILES string of the molecule is Cc1c(N2CCC3(CC2)COC(C)C3)nc(C)n(-c2cccc(Cl)c2Cl)c1=O. The number of nitrogens with zero attached hydrogens (tertiary/aromatic N) is 3. The summed E-state index contributed by atoms with van der Waals surface area (Å²) in [7, 11) is 0. The van der Waals surface area contributed by atoms with Gasteiger partial charge in [-0.3, -0.25) is 9.36 Å². The summed E-state index contributed by atoms with van der Waals surface area (Å²) in [6.45, 7) is 8.46. The van der Waals surface area contributed by atoms with E-state index < -0.39 is 0 Å². The lowest BCUT2D eigenvalue weighted by Gasteiger charge is -2.39. The summed E-state index contributed by atoms with van der Waals surface area (Å²) in [5.74, 6) is 1.38. The Morgan fingerprint density at radius 3 is 2.57 bits per heavy atom. The number of hydrogen-bond acceptors (Lipinski definition) is 4. The van der Waals surface area contributed by atoms with Crippen LogP contribution in [0.2, 0.25) is 10.0 Å². The number of ether oxygens (including phenoxy) is 1. The van der Waals surface area contributed by atoms with Gasteiger partial charge in [0.25, 0.3) is 5.56 Å². The second kappa shape index (κ2) is 7.36. The summed E-state index contributed by atoms with van der Waals surface area (Å²) < 4.78 is 7.37. The Balaban J connectivity index is 1.66. The maximum Gasteiger partial charge on any atom is 0.263 e. The van der Waals surface area contributed by atoms with Crippen molar-refractivity contribution in [1.29, 1.82) is 0 Å². The van der Waals surface area contributed by atoms with Crippen LogP contribution >= 0.6 is 23.2 Å². The second-order valence-electron chi connectivity index (χ2n) is 8.13. The summed E-state index contributed by atoms with van der Waals surface area (Å²) in [6, 6.07) is 5.28. The van der Waals surface area contributed by atoms with Gasteiger partial charge in [0.05, 0.1) is 34.0 Å². The van der Waals surface area contributed by atoms with Crippen molar-refractivity contribution in [2.45, 2.75) is 46.1 Å². The molecule has 0 saturated carbocycles. The summed E-state index contributed by atoms with van der Waals surface area (Å²) in [5, 5.41) is 0.778. The first-order chi connectivity index (χ1) is 13.3. The van der Waals surface area contributed by atoms with Crippen LogP contribution in [0.25, 0.3) is 5.69 Å². The molecule has 0 N–H and O–H groups in total. The molecule has 2 fully saturated rings. The Labute approximate surface area is 175 Å². The average molecular weight is 422 g/mol. The third-order valence-electron chi connectivity index (χ3n) is 6.14. The number of anilines is 1.